The molecule has 0 aromatic carbocycles. The van der Waals surface area contributed by atoms with Crippen LogP contribution in [0.15, 0.2) is 9.98 Å². The van der Waals surface area contributed by atoms with Crippen molar-refractivity contribution in [3.05, 3.63) is 9.98 Å². The van der Waals surface area contributed by atoms with Crippen molar-refractivity contribution in [3.8, 4) is 0 Å². The van der Waals surface area contributed by atoms with Gasteiger partial charge in [0.2, 0.25) is 0 Å². The fourth-order valence-corrected chi connectivity index (χ4v) is 2.68. The van der Waals surface area contributed by atoms with E-state index in [9.17, 15) is 4.79 Å². The molecule has 1 aliphatic rings. The first kappa shape index (κ1) is 12.0. The molecule has 2 unspecified atom stereocenters. The van der Waals surface area contributed by atoms with E-state index in [1.807, 2.05) is 0 Å². The van der Waals surface area contributed by atoms with Crippen molar-refractivity contribution in [2.75, 3.05) is 11.9 Å². The molecule has 0 spiro atoms. The quantitative estimate of drug-likeness (QED) is 0.884. The third-order valence-corrected chi connectivity index (χ3v) is 3.76. The van der Waals surface area contributed by atoms with Gasteiger partial charge in [-0.25, -0.2) is 4.98 Å². The summed E-state index contributed by atoms with van der Waals surface area (Å²) in [7, 11) is 0. The van der Waals surface area contributed by atoms with Crippen LogP contribution in [0.4, 0.5) is 5.13 Å². The van der Waals surface area contributed by atoms with E-state index in [2.05, 4.69) is 26.2 Å². The molecule has 16 heavy (non-hydrogen) atoms. The molecule has 2 heterocycles. The molecule has 0 radical (unpaired) electrons. The molecular weight excluding hydrogens is 294 g/mol. The highest BCUT2D eigenvalue weighted by Gasteiger charge is 2.30. The van der Waals surface area contributed by atoms with E-state index in [-0.39, 0.29) is 12.0 Å². The summed E-state index contributed by atoms with van der Waals surface area (Å²) < 4.78 is 6.36. The Hall–Kier alpha value is -0.500. The zero-order valence-corrected chi connectivity index (χ0v) is 10.9. The lowest BCUT2D eigenvalue weighted by Gasteiger charge is -2.10. The lowest BCUT2D eigenvalue weighted by atomic mass is 10.2. The smallest absolute Gasteiger partial charge is 0.255 e. The molecule has 2 rings (SSSR count). The number of thiazole rings is 1. The average molecular weight is 306 g/mol. The fourth-order valence-electron chi connectivity index (χ4n) is 1.57. The van der Waals surface area contributed by atoms with Crippen LogP contribution in [0.3, 0.4) is 0 Å². The molecular formula is C9H12BrN3O2S. The average Bonchev–Trinajstić information content (AvgIpc) is 2.87. The van der Waals surface area contributed by atoms with E-state index < -0.39 is 6.10 Å². The summed E-state index contributed by atoms with van der Waals surface area (Å²) in [5, 5.41) is 3.30. The molecule has 88 valence electrons. The second-order valence-corrected chi connectivity index (χ2v) is 5.93. The van der Waals surface area contributed by atoms with Gasteiger partial charge in [-0.2, -0.15) is 0 Å². The number of nitrogens with zero attached hydrogens (tertiary/aromatic N) is 1. The van der Waals surface area contributed by atoms with Gasteiger partial charge in [0.05, 0.1) is 16.1 Å². The number of hydrogen-bond donors (Lipinski definition) is 2. The molecule has 5 nitrogen and oxygen atoms in total. The van der Waals surface area contributed by atoms with E-state index in [0.717, 1.165) is 16.6 Å². The second-order valence-electron chi connectivity index (χ2n) is 3.52. The standard InChI is InChI=1S/C9H12BrN3O2S/c10-7-4-12-9(16-7)13-8(14)6-2-1-5(3-11)15-6/h4-6H,1-3,11H2,(H,12,13,14). The highest BCUT2D eigenvalue weighted by Crippen LogP contribution is 2.25. The molecule has 0 saturated carbocycles. The Morgan fingerprint density at radius 1 is 1.75 bits per heavy atom. The Kier molecular flexibility index (Phi) is 3.91. The van der Waals surface area contributed by atoms with Gasteiger partial charge in [0.15, 0.2) is 5.13 Å². The Bertz CT molecular complexity index is 385. The van der Waals surface area contributed by atoms with Crippen LogP contribution in [-0.4, -0.2) is 29.6 Å². The Morgan fingerprint density at radius 2 is 2.56 bits per heavy atom. The number of amides is 1. The molecule has 1 fully saturated rings. The SMILES string of the molecule is NCC1CCC(C(=O)Nc2ncc(Br)s2)O1. The predicted octanol–water partition coefficient (Wildman–Crippen LogP) is 1.35. The van der Waals surface area contributed by atoms with Crippen LogP contribution in [0.2, 0.25) is 0 Å². The van der Waals surface area contributed by atoms with E-state index in [1.54, 1.807) is 6.20 Å². The molecule has 1 saturated heterocycles. The van der Waals surface area contributed by atoms with Crippen molar-refractivity contribution in [1.29, 1.82) is 0 Å². The summed E-state index contributed by atoms with van der Waals surface area (Å²) in [5.41, 5.74) is 5.48. The van der Waals surface area contributed by atoms with Crippen molar-refractivity contribution in [2.24, 2.45) is 5.73 Å². The lowest BCUT2D eigenvalue weighted by molar-refractivity contribution is -0.126. The van der Waals surface area contributed by atoms with Crippen LogP contribution in [0.1, 0.15) is 12.8 Å². The van der Waals surface area contributed by atoms with Gasteiger partial charge in [-0.1, -0.05) is 11.3 Å². The molecule has 0 aliphatic carbocycles. The minimum absolute atomic E-state index is 0.0128. The largest absolute Gasteiger partial charge is 0.364 e. The number of nitrogens with two attached hydrogens (primary N) is 1. The molecule has 3 N–H and O–H groups in total. The maximum atomic E-state index is 11.8. The second kappa shape index (κ2) is 5.22. The maximum absolute atomic E-state index is 11.8. The zero-order chi connectivity index (χ0) is 11.5. The van der Waals surface area contributed by atoms with Crippen LogP contribution >= 0.6 is 27.3 Å². The number of carbonyl (C=O) groups is 1. The summed E-state index contributed by atoms with van der Waals surface area (Å²) in [6.45, 7) is 0.465. The van der Waals surface area contributed by atoms with Gasteiger partial charge in [-0.15, -0.1) is 0 Å². The molecule has 1 aromatic heterocycles. The van der Waals surface area contributed by atoms with Crippen LogP contribution in [0.25, 0.3) is 0 Å². The first-order valence-electron chi connectivity index (χ1n) is 4.96. The van der Waals surface area contributed by atoms with Gasteiger partial charge in [-0.3, -0.25) is 10.1 Å². The Morgan fingerprint density at radius 3 is 3.12 bits per heavy atom. The van der Waals surface area contributed by atoms with Gasteiger partial charge < -0.3 is 10.5 Å². The number of carbonyl (C=O) groups excluding carboxylic acids is 1. The predicted molar refractivity (Wildman–Crippen MR) is 65.4 cm³/mol. The number of nitrogens with one attached hydrogen (secondary N) is 1. The molecule has 1 aliphatic heterocycles. The number of rotatable bonds is 3. The number of aromatic nitrogens is 1. The van der Waals surface area contributed by atoms with Crippen LogP contribution in [-0.2, 0) is 9.53 Å². The number of anilines is 1. The maximum Gasteiger partial charge on any atom is 0.255 e. The first-order valence-corrected chi connectivity index (χ1v) is 6.57. The van der Waals surface area contributed by atoms with E-state index in [4.69, 9.17) is 10.5 Å². The first-order chi connectivity index (χ1) is 7.69. The molecule has 1 amide bonds. The van der Waals surface area contributed by atoms with Gasteiger partial charge >= 0.3 is 0 Å². The lowest BCUT2D eigenvalue weighted by Crippen LogP contribution is -2.29. The molecule has 1 aromatic rings. The van der Waals surface area contributed by atoms with Crippen molar-refractivity contribution in [1.82, 2.24) is 4.98 Å². The van der Waals surface area contributed by atoms with Crippen LogP contribution < -0.4 is 11.1 Å². The summed E-state index contributed by atoms with van der Waals surface area (Å²) in [4.78, 5) is 15.8. The molecule has 7 heteroatoms. The fraction of sp³-hybridized carbons (Fsp3) is 0.556. The van der Waals surface area contributed by atoms with Gasteiger partial charge in [0.25, 0.3) is 5.91 Å². The minimum Gasteiger partial charge on any atom is -0.364 e. The van der Waals surface area contributed by atoms with Crippen molar-refractivity contribution in [2.45, 2.75) is 25.0 Å². The van der Waals surface area contributed by atoms with Crippen LogP contribution in [0, 0.1) is 0 Å². The third-order valence-electron chi connectivity index (χ3n) is 2.37. The van der Waals surface area contributed by atoms with E-state index in [1.165, 1.54) is 11.3 Å². The number of ether oxygens (including phenoxy) is 1. The van der Waals surface area contributed by atoms with Gasteiger partial charge in [0.1, 0.15) is 6.10 Å². The molecule has 0 bridgehead atoms. The highest BCUT2D eigenvalue weighted by atomic mass is 79.9. The van der Waals surface area contributed by atoms with Gasteiger partial charge in [-0.05, 0) is 28.8 Å². The van der Waals surface area contributed by atoms with E-state index >= 15 is 0 Å². The minimum atomic E-state index is -0.392. The van der Waals surface area contributed by atoms with Gasteiger partial charge in [0, 0.05) is 6.54 Å². The highest BCUT2D eigenvalue weighted by molar-refractivity contribution is 9.11. The summed E-state index contributed by atoms with van der Waals surface area (Å²) in [6.07, 6.45) is 2.84. The van der Waals surface area contributed by atoms with Crippen molar-refractivity contribution < 1.29 is 9.53 Å². The third kappa shape index (κ3) is 2.79. The number of halogens is 1. The number of hydrogen-bond acceptors (Lipinski definition) is 5. The summed E-state index contributed by atoms with van der Waals surface area (Å²) >= 11 is 4.66. The van der Waals surface area contributed by atoms with Crippen LogP contribution in [0.5, 0.6) is 0 Å². The normalized spacial score (nSPS) is 24.6. The monoisotopic (exact) mass is 305 g/mol. The van der Waals surface area contributed by atoms with Crippen molar-refractivity contribution >= 4 is 38.3 Å². The van der Waals surface area contributed by atoms with Crippen molar-refractivity contribution in [3.63, 3.8) is 0 Å². The Labute approximate surface area is 106 Å². The van der Waals surface area contributed by atoms with E-state index in [0.29, 0.717) is 11.7 Å². The summed E-state index contributed by atoms with van der Waals surface area (Å²) in [5.74, 6) is -0.141. The zero-order valence-electron chi connectivity index (χ0n) is 8.48. The Balaban J connectivity index is 1.89. The summed E-state index contributed by atoms with van der Waals surface area (Å²) in [6, 6.07) is 0. The topological polar surface area (TPSA) is 77.2 Å². The molecule has 2 atom stereocenters.